The van der Waals surface area contributed by atoms with E-state index in [-0.39, 0.29) is 0 Å². The van der Waals surface area contributed by atoms with E-state index in [1.54, 1.807) is 12.1 Å². The number of benzene rings is 2. The zero-order valence-corrected chi connectivity index (χ0v) is 16.6. The summed E-state index contributed by atoms with van der Waals surface area (Å²) in [6, 6.07) is 13.2. The lowest BCUT2D eigenvalue weighted by atomic mass is 10.1. The van der Waals surface area contributed by atoms with Crippen LogP contribution >= 0.6 is 34.5 Å². The predicted octanol–water partition coefficient (Wildman–Crippen LogP) is 6.35. The first kappa shape index (κ1) is 18.7. The van der Waals surface area contributed by atoms with Gasteiger partial charge in [-0.2, -0.15) is 5.10 Å². The van der Waals surface area contributed by atoms with Gasteiger partial charge in [-0.25, -0.2) is 4.98 Å². The summed E-state index contributed by atoms with van der Waals surface area (Å²) in [5.74, 6) is 0.849. The number of halogens is 2. The third-order valence-corrected chi connectivity index (χ3v) is 4.91. The minimum Gasteiger partial charge on any atom is -0.494 e. The molecule has 0 radical (unpaired) electrons. The van der Waals surface area contributed by atoms with Crippen LogP contribution in [0.3, 0.4) is 0 Å². The van der Waals surface area contributed by atoms with Gasteiger partial charge in [-0.3, -0.25) is 5.43 Å². The van der Waals surface area contributed by atoms with Gasteiger partial charge in [0.05, 0.1) is 23.0 Å². The molecule has 0 fully saturated rings. The molecule has 4 nitrogen and oxygen atoms in total. The van der Waals surface area contributed by atoms with Crippen molar-refractivity contribution in [3.8, 4) is 17.0 Å². The molecule has 0 amide bonds. The molecule has 3 rings (SSSR count). The van der Waals surface area contributed by atoms with Crippen LogP contribution in [-0.2, 0) is 0 Å². The van der Waals surface area contributed by atoms with Gasteiger partial charge < -0.3 is 4.74 Å². The van der Waals surface area contributed by atoms with Crippen molar-refractivity contribution in [2.45, 2.75) is 13.8 Å². The Bertz CT molecular complexity index is 923. The highest BCUT2D eigenvalue weighted by Gasteiger charge is 2.09. The van der Waals surface area contributed by atoms with E-state index in [1.807, 2.05) is 49.6 Å². The number of anilines is 1. The highest BCUT2D eigenvalue weighted by molar-refractivity contribution is 7.14. The number of nitrogens with zero attached hydrogens (tertiary/aromatic N) is 2. The second-order valence-electron chi connectivity index (χ2n) is 5.43. The van der Waals surface area contributed by atoms with E-state index in [4.69, 9.17) is 27.9 Å². The summed E-state index contributed by atoms with van der Waals surface area (Å²) in [4.78, 5) is 4.53. The van der Waals surface area contributed by atoms with Gasteiger partial charge in [0.25, 0.3) is 0 Å². The van der Waals surface area contributed by atoms with E-state index in [0.717, 1.165) is 28.3 Å². The van der Waals surface area contributed by atoms with E-state index in [1.165, 1.54) is 11.3 Å². The third kappa shape index (κ3) is 4.55. The van der Waals surface area contributed by atoms with Crippen LogP contribution in [0.15, 0.2) is 52.9 Å². The fourth-order valence-corrected chi connectivity index (χ4v) is 3.46. The van der Waals surface area contributed by atoms with Gasteiger partial charge >= 0.3 is 0 Å². The number of ether oxygens (including phenoxy) is 1. The molecule has 7 heteroatoms. The second kappa shape index (κ2) is 8.54. The van der Waals surface area contributed by atoms with E-state index < -0.39 is 0 Å². The van der Waals surface area contributed by atoms with Gasteiger partial charge in [0.15, 0.2) is 0 Å². The van der Waals surface area contributed by atoms with Crippen molar-refractivity contribution in [2.24, 2.45) is 5.10 Å². The number of aromatic nitrogens is 1. The first-order chi connectivity index (χ1) is 12.6. The molecule has 0 atom stereocenters. The molecular weight excluding hydrogens is 389 g/mol. The molecule has 1 N–H and O–H groups in total. The second-order valence-corrected chi connectivity index (χ2v) is 7.13. The molecule has 0 saturated carbocycles. The zero-order valence-electron chi connectivity index (χ0n) is 14.3. The number of hydrazone groups is 1. The van der Waals surface area contributed by atoms with Crippen LogP contribution in [0.25, 0.3) is 11.3 Å². The average molecular weight is 406 g/mol. The van der Waals surface area contributed by atoms with Gasteiger partial charge in [-0.1, -0.05) is 23.2 Å². The fourth-order valence-electron chi connectivity index (χ4n) is 2.30. The monoisotopic (exact) mass is 405 g/mol. The summed E-state index contributed by atoms with van der Waals surface area (Å²) in [6.45, 7) is 4.55. The molecule has 1 heterocycles. The molecule has 134 valence electrons. The maximum atomic E-state index is 6.24. The number of nitrogens with one attached hydrogen (secondary N) is 1. The normalized spacial score (nSPS) is 11.5. The lowest BCUT2D eigenvalue weighted by Gasteiger charge is -2.05. The Hall–Kier alpha value is -2.08. The maximum Gasteiger partial charge on any atom is 0.203 e. The Morgan fingerprint density at radius 1 is 1.19 bits per heavy atom. The van der Waals surface area contributed by atoms with Gasteiger partial charge in [0, 0.05) is 16.0 Å². The van der Waals surface area contributed by atoms with Crippen molar-refractivity contribution < 1.29 is 4.74 Å². The highest BCUT2D eigenvalue weighted by Crippen LogP contribution is 2.32. The van der Waals surface area contributed by atoms with Gasteiger partial charge in [0.2, 0.25) is 5.13 Å². The predicted molar refractivity (Wildman–Crippen MR) is 111 cm³/mol. The first-order valence-electron chi connectivity index (χ1n) is 8.01. The van der Waals surface area contributed by atoms with Crippen molar-refractivity contribution in [1.29, 1.82) is 0 Å². The molecule has 0 bridgehead atoms. The molecule has 0 saturated heterocycles. The highest BCUT2D eigenvalue weighted by atomic mass is 35.5. The smallest absolute Gasteiger partial charge is 0.203 e. The summed E-state index contributed by atoms with van der Waals surface area (Å²) in [7, 11) is 0. The number of hydrogen-bond donors (Lipinski definition) is 1. The van der Waals surface area contributed by atoms with Crippen LogP contribution < -0.4 is 10.2 Å². The topological polar surface area (TPSA) is 46.5 Å². The summed E-state index contributed by atoms with van der Waals surface area (Å²) < 4.78 is 5.45. The largest absolute Gasteiger partial charge is 0.494 e. The van der Waals surface area contributed by atoms with Crippen LogP contribution in [0, 0.1) is 0 Å². The molecule has 2 aromatic carbocycles. The molecule has 3 aromatic rings. The SMILES string of the molecule is CCOc1ccc(/C(C)=N/Nc2nc(-c3ccc(Cl)cc3Cl)cs2)cc1. The minimum absolute atomic E-state index is 0.573. The summed E-state index contributed by atoms with van der Waals surface area (Å²) in [5, 5.41) is 8.20. The Morgan fingerprint density at radius 2 is 1.96 bits per heavy atom. The zero-order chi connectivity index (χ0) is 18.5. The van der Waals surface area contributed by atoms with E-state index in [0.29, 0.717) is 21.8 Å². The maximum absolute atomic E-state index is 6.24. The molecule has 0 aliphatic heterocycles. The lowest BCUT2D eigenvalue weighted by molar-refractivity contribution is 0.340. The van der Waals surface area contributed by atoms with Crippen LogP contribution in [-0.4, -0.2) is 17.3 Å². The van der Waals surface area contributed by atoms with Crippen molar-refractivity contribution in [3.63, 3.8) is 0 Å². The lowest BCUT2D eigenvalue weighted by Crippen LogP contribution is -2.00. The molecule has 26 heavy (non-hydrogen) atoms. The third-order valence-electron chi connectivity index (χ3n) is 3.61. The Morgan fingerprint density at radius 3 is 2.65 bits per heavy atom. The summed E-state index contributed by atoms with van der Waals surface area (Å²) in [6.07, 6.45) is 0. The number of thiazole rings is 1. The molecule has 0 spiro atoms. The van der Waals surface area contributed by atoms with Crippen LogP contribution in [0.5, 0.6) is 5.75 Å². The fraction of sp³-hybridized carbons (Fsp3) is 0.158. The average Bonchev–Trinajstić information content (AvgIpc) is 3.09. The van der Waals surface area contributed by atoms with Crippen molar-refractivity contribution >= 4 is 45.4 Å². The van der Waals surface area contributed by atoms with Gasteiger partial charge in [0.1, 0.15) is 5.75 Å². The molecule has 0 aliphatic carbocycles. The standard InChI is InChI=1S/C19H17Cl2N3OS/c1-3-25-15-7-4-13(5-8-15)12(2)23-24-19-22-18(11-26-19)16-9-6-14(20)10-17(16)21/h4-11H,3H2,1-2H3,(H,22,24)/b23-12+. The Balaban J connectivity index is 1.71. The summed E-state index contributed by atoms with van der Waals surface area (Å²) >= 11 is 13.6. The quantitative estimate of drug-likeness (QED) is 0.383. The molecule has 0 aliphatic rings. The molecular formula is C19H17Cl2N3OS. The first-order valence-corrected chi connectivity index (χ1v) is 9.65. The minimum atomic E-state index is 0.573. The van der Waals surface area contributed by atoms with Gasteiger partial charge in [-0.15, -0.1) is 11.3 Å². The van der Waals surface area contributed by atoms with Crippen LogP contribution in [0.4, 0.5) is 5.13 Å². The number of rotatable bonds is 6. The molecule has 1 aromatic heterocycles. The van der Waals surface area contributed by atoms with Crippen LogP contribution in [0.1, 0.15) is 19.4 Å². The van der Waals surface area contributed by atoms with Crippen molar-refractivity contribution in [3.05, 3.63) is 63.5 Å². The van der Waals surface area contributed by atoms with E-state index >= 15 is 0 Å². The van der Waals surface area contributed by atoms with Gasteiger partial charge in [-0.05, 0) is 61.9 Å². The van der Waals surface area contributed by atoms with Crippen LogP contribution in [0.2, 0.25) is 10.0 Å². The van der Waals surface area contributed by atoms with Crippen molar-refractivity contribution in [2.75, 3.05) is 12.0 Å². The Kier molecular flexibility index (Phi) is 6.14. The van der Waals surface area contributed by atoms with E-state index in [9.17, 15) is 0 Å². The Labute approximate surface area is 166 Å². The molecule has 0 unspecified atom stereocenters. The summed E-state index contributed by atoms with van der Waals surface area (Å²) in [5.41, 5.74) is 6.49. The number of hydrogen-bond acceptors (Lipinski definition) is 5. The van der Waals surface area contributed by atoms with Crippen molar-refractivity contribution in [1.82, 2.24) is 4.98 Å². The van der Waals surface area contributed by atoms with E-state index in [2.05, 4.69) is 15.5 Å².